The number of rotatable bonds is 7. The summed E-state index contributed by atoms with van der Waals surface area (Å²) in [6.07, 6.45) is 0.798. The van der Waals surface area contributed by atoms with Crippen LogP contribution in [0.1, 0.15) is 23.5 Å². The SMILES string of the molecule is COCCN(CC(=O)O)C(=O)[C@H]1C[C@@H]1c1ccccc1C. The van der Waals surface area contributed by atoms with Gasteiger partial charge in [0.25, 0.3) is 0 Å². The zero-order valence-corrected chi connectivity index (χ0v) is 12.4. The van der Waals surface area contributed by atoms with Gasteiger partial charge in [-0.1, -0.05) is 24.3 Å². The maximum absolute atomic E-state index is 12.4. The van der Waals surface area contributed by atoms with E-state index in [-0.39, 0.29) is 24.3 Å². The molecule has 5 heteroatoms. The van der Waals surface area contributed by atoms with Crippen LogP contribution in [0, 0.1) is 12.8 Å². The number of carbonyl (C=O) groups excluding carboxylic acids is 1. The molecule has 0 aromatic heterocycles. The van der Waals surface area contributed by atoms with Crippen LogP contribution in [-0.4, -0.2) is 48.7 Å². The van der Waals surface area contributed by atoms with Crippen molar-refractivity contribution in [2.75, 3.05) is 26.8 Å². The van der Waals surface area contributed by atoms with E-state index >= 15 is 0 Å². The molecule has 0 aliphatic heterocycles. The molecule has 0 radical (unpaired) electrons. The van der Waals surface area contributed by atoms with Crippen LogP contribution in [0.4, 0.5) is 0 Å². The molecule has 1 saturated carbocycles. The number of methoxy groups -OCH3 is 1. The minimum absolute atomic E-state index is 0.0808. The van der Waals surface area contributed by atoms with E-state index in [0.717, 1.165) is 6.42 Å². The van der Waals surface area contributed by atoms with Gasteiger partial charge in [0.1, 0.15) is 6.54 Å². The zero-order valence-electron chi connectivity index (χ0n) is 12.4. The lowest BCUT2D eigenvalue weighted by molar-refractivity contribution is -0.145. The molecule has 1 aliphatic carbocycles. The van der Waals surface area contributed by atoms with Gasteiger partial charge in [-0.15, -0.1) is 0 Å². The maximum Gasteiger partial charge on any atom is 0.323 e. The predicted molar refractivity (Wildman–Crippen MR) is 78.1 cm³/mol. The fourth-order valence-electron chi connectivity index (χ4n) is 2.68. The van der Waals surface area contributed by atoms with Crippen LogP contribution in [0.15, 0.2) is 24.3 Å². The molecule has 2 rings (SSSR count). The van der Waals surface area contributed by atoms with Gasteiger partial charge in [-0.05, 0) is 30.4 Å². The van der Waals surface area contributed by atoms with Crippen LogP contribution in [0.25, 0.3) is 0 Å². The van der Waals surface area contributed by atoms with Gasteiger partial charge in [-0.2, -0.15) is 0 Å². The number of nitrogens with zero attached hydrogens (tertiary/aromatic N) is 1. The Morgan fingerprint density at radius 1 is 1.38 bits per heavy atom. The summed E-state index contributed by atoms with van der Waals surface area (Å²) in [5.74, 6) is -0.949. The predicted octanol–water partition coefficient (Wildman–Crippen LogP) is 1.66. The lowest BCUT2D eigenvalue weighted by Gasteiger charge is -2.20. The smallest absolute Gasteiger partial charge is 0.323 e. The van der Waals surface area contributed by atoms with E-state index in [1.165, 1.54) is 23.1 Å². The van der Waals surface area contributed by atoms with Crippen LogP contribution >= 0.6 is 0 Å². The topological polar surface area (TPSA) is 66.8 Å². The molecule has 0 heterocycles. The third kappa shape index (κ3) is 3.82. The van der Waals surface area contributed by atoms with Gasteiger partial charge in [-0.3, -0.25) is 9.59 Å². The minimum atomic E-state index is -0.993. The Labute approximate surface area is 124 Å². The monoisotopic (exact) mass is 291 g/mol. The molecule has 21 heavy (non-hydrogen) atoms. The van der Waals surface area contributed by atoms with Gasteiger partial charge in [0.05, 0.1) is 6.61 Å². The molecule has 0 unspecified atom stereocenters. The summed E-state index contributed by atoms with van der Waals surface area (Å²) in [5.41, 5.74) is 2.37. The van der Waals surface area contributed by atoms with Crippen molar-refractivity contribution in [3.8, 4) is 0 Å². The highest BCUT2D eigenvalue weighted by molar-refractivity contribution is 5.86. The van der Waals surface area contributed by atoms with E-state index in [1.807, 2.05) is 31.2 Å². The molecule has 114 valence electrons. The molecule has 1 N–H and O–H groups in total. The number of benzene rings is 1. The summed E-state index contributed by atoms with van der Waals surface area (Å²) in [6.45, 7) is 2.44. The van der Waals surface area contributed by atoms with Crippen LogP contribution in [-0.2, 0) is 14.3 Å². The van der Waals surface area contributed by atoms with Crippen molar-refractivity contribution in [2.45, 2.75) is 19.3 Å². The van der Waals surface area contributed by atoms with Crippen molar-refractivity contribution in [1.29, 1.82) is 0 Å². The molecule has 5 nitrogen and oxygen atoms in total. The van der Waals surface area contributed by atoms with E-state index in [0.29, 0.717) is 13.2 Å². The normalized spacial score (nSPS) is 20.1. The first-order valence-electron chi connectivity index (χ1n) is 7.09. The van der Waals surface area contributed by atoms with Crippen molar-refractivity contribution in [1.82, 2.24) is 4.90 Å². The third-order valence-electron chi connectivity index (χ3n) is 3.90. The number of carboxylic acids is 1. The van der Waals surface area contributed by atoms with Crippen LogP contribution in [0.3, 0.4) is 0 Å². The van der Waals surface area contributed by atoms with Crippen LogP contribution in [0.5, 0.6) is 0 Å². The molecule has 0 saturated heterocycles. The molecule has 1 aromatic carbocycles. The molecule has 2 atom stereocenters. The quantitative estimate of drug-likeness (QED) is 0.829. The molecule has 1 fully saturated rings. The maximum atomic E-state index is 12.4. The van der Waals surface area contributed by atoms with E-state index in [2.05, 4.69) is 0 Å². The molecule has 0 spiro atoms. The summed E-state index contributed by atoms with van der Waals surface area (Å²) >= 11 is 0. The second-order valence-corrected chi connectivity index (χ2v) is 5.45. The number of hydrogen-bond acceptors (Lipinski definition) is 3. The number of hydrogen-bond donors (Lipinski definition) is 1. The van der Waals surface area contributed by atoms with E-state index in [1.54, 1.807) is 0 Å². The van der Waals surface area contributed by atoms with Gasteiger partial charge >= 0.3 is 5.97 Å². The van der Waals surface area contributed by atoms with Gasteiger partial charge in [0.15, 0.2) is 0 Å². The Hall–Kier alpha value is -1.88. The second kappa shape index (κ2) is 6.72. The molecular weight excluding hydrogens is 270 g/mol. The molecule has 1 amide bonds. The summed E-state index contributed by atoms with van der Waals surface area (Å²) in [6, 6.07) is 8.04. The van der Waals surface area contributed by atoms with Gasteiger partial charge < -0.3 is 14.7 Å². The average Bonchev–Trinajstić information content (AvgIpc) is 3.23. The Balaban J connectivity index is 2.02. The summed E-state index contributed by atoms with van der Waals surface area (Å²) in [7, 11) is 1.54. The number of carboxylic acid groups (broad SMARTS) is 1. The lowest BCUT2D eigenvalue weighted by atomic mass is 10.0. The molecule has 0 bridgehead atoms. The first kappa shape index (κ1) is 15.5. The number of aryl methyl sites for hydroxylation is 1. The molecule has 1 aliphatic rings. The van der Waals surface area contributed by atoms with Gasteiger partial charge in [0.2, 0.25) is 5.91 Å². The lowest BCUT2D eigenvalue weighted by Crippen LogP contribution is -2.39. The number of carbonyl (C=O) groups is 2. The number of amides is 1. The van der Waals surface area contributed by atoms with Crippen LogP contribution < -0.4 is 0 Å². The fraction of sp³-hybridized carbons (Fsp3) is 0.500. The third-order valence-corrected chi connectivity index (χ3v) is 3.90. The Bertz CT molecular complexity index is 529. The first-order valence-corrected chi connectivity index (χ1v) is 7.09. The van der Waals surface area contributed by atoms with Gasteiger partial charge in [-0.25, -0.2) is 0 Å². The van der Waals surface area contributed by atoms with Crippen molar-refractivity contribution >= 4 is 11.9 Å². The average molecular weight is 291 g/mol. The van der Waals surface area contributed by atoms with E-state index in [4.69, 9.17) is 9.84 Å². The highest BCUT2D eigenvalue weighted by atomic mass is 16.5. The highest BCUT2D eigenvalue weighted by Gasteiger charge is 2.46. The fourth-order valence-corrected chi connectivity index (χ4v) is 2.68. The number of ether oxygens (including phenoxy) is 1. The summed E-state index contributed by atoms with van der Waals surface area (Å²) in [5, 5.41) is 8.93. The largest absolute Gasteiger partial charge is 0.480 e. The van der Waals surface area contributed by atoms with Crippen molar-refractivity contribution < 1.29 is 19.4 Å². The van der Waals surface area contributed by atoms with Crippen molar-refractivity contribution in [3.05, 3.63) is 35.4 Å². The molecular formula is C16H21NO4. The number of aliphatic carboxylic acids is 1. The van der Waals surface area contributed by atoms with Gasteiger partial charge in [0, 0.05) is 19.6 Å². The standard InChI is InChI=1S/C16H21NO4/c1-11-5-3-4-6-12(11)13-9-14(13)16(20)17(7-8-21-2)10-15(18)19/h3-6,13-14H,7-10H2,1-2H3,(H,18,19)/t13-,14+/m1/s1. The summed E-state index contributed by atoms with van der Waals surface area (Å²) < 4.78 is 4.95. The Morgan fingerprint density at radius 2 is 2.10 bits per heavy atom. The highest BCUT2D eigenvalue weighted by Crippen LogP contribution is 2.49. The van der Waals surface area contributed by atoms with E-state index < -0.39 is 5.97 Å². The zero-order chi connectivity index (χ0) is 15.4. The second-order valence-electron chi connectivity index (χ2n) is 5.45. The Kier molecular flexibility index (Phi) is 4.96. The molecule has 1 aromatic rings. The summed E-state index contributed by atoms with van der Waals surface area (Å²) in [4.78, 5) is 24.7. The van der Waals surface area contributed by atoms with Crippen molar-refractivity contribution in [2.24, 2.45) is 5.92 Å². The Morgan fingerprint density at radius 3 is 2.71 bits per heavy atom. The first-order chi connectivity index (χ1) is 10.0. The van der Waals surface area contributed by atoms with Crippen molar-refractivity contribution in [3.63, 3.8) is 0 Å². The minimum Gasteiger partial charge on any atom is -0.480 e. The van der Waals surface area contributed by atoms with Crippen LogP contribution in [0.2, 0.25) is 0 Å². The van der Waals surface area contributed by atoms with E-state index in [9.17, 15) is 9.59 Å².